The van der Waals surface area contributed by atoms with Crippen molar-refractivity contribution in [3.8, 4) is 5.75 Å². The molecular formula is C9H8BrClO. The van der Waals surface area contributed by atoms with Crippen molar-refractivity contribution in [2.45, 2.75) is 0 Å². The molecule has 1 rings (SSSR count). The van der Waals surface area contributed by atoms with Crippen molar-refractivity contribution in [3.05, 3.63) is 34.8 Å². The molecule has 0 aliphatic heterocycles. The second kappa shape index (κ2) is 3.97. The average molecular weight is 248 g/mol. The minimum atomic E-state index is 0.207. The highest BCUT2D eigenvalue weighted by atomic mass is 79.9. The summed E-state index contributed by atoms with van der Waals surface area (Å²) in [5.41, 5.74) is 1.64. The van der Waals surface area contributed by atoms with Gasteiger partial charge in [-0.1, -0.05) is 18.7 Å². The van der Waals surface area contributed by atoms with Crippen LogP contribution in [0.1, 0.15) is 5.56 Å². The van der Waals surface area contributed by atoms with E-state index < -0.39 is 0 Å². The SMILES string of the molecule is C=C(CCl)c1cccc(O)c1Br. The molecule has 0 aliphatic rings. The van der Waals surface area contributed by atoms with Gasteiger partial charge in [0.25, 0.3) is 0 Å². The van der Waals surface area contributed by atoms with Gasteiger partial charge < -0.3 is 5.11 Å². The third-order valence-electron chi connectivity index (χ3n) is 1.52. The van der Waals surface area contributed by atoms with E-state index in [0.29, 0.717) is 10.4 Å². The Bertz CT molecular complexity index is 309. The first-order valence-electron chi connectivity index (χ1n) is 3.38. The lowest BCUT2D eigenvalue weighted by Gasteiger charge is -2.05. The number of halogens is 2. The quantitative estimate of drug-likeness (QED) is 0.794. The molecule has 12 heavy (non-hydrogen) atoms. The summed E-state index contributed by atoms with van der Waals surface area (Å²) in [5, 5.41) is 9.31. The van der Waals surface area contributed by atoms with Crippen LogP contribution in [0.25, 0.3) is 5.57 Å². The Kier molecular flexibility index (Phi) is 3.18. The van der Waals surface area contributed by atoms with Crippen LogP contribution in [-0.2, 0) is 0 Å². The van der Waals surface area contributed by atoms with Gasteiger partial charge in [-0.25, -0.2) is 0 Å². The molecule has 0 saturated carbocycles. The van der Waals surface area contributed by atoms with Crippen molar-refractivity contribution < 1.29 is 5.11 Å². The first kappa shape index (κ1) is 9.62. The van der Waals surface area contributed by atoms with Crippen LogP contribution in [0.15, 0.2) is 29.3 Å². The lowest BCUT2D eigenvalue weighted by molar-refractivity contribution is 0.471. The van der Waals surface area contributed by atoms with E-state index in [0.717, 1.165) is 11.1 Å². The highest BCUT2D eigenvalue weighted by Crippen LogP contribution is 2.31. The van der Waals surface area contributed by atoms with Gasteiger partial charge in [-0.15, -0.1) is 11.6 Å². The highest BCUT2D eigenvalue weighted by Gasteiger charge is 2.05. The summed E-state index contributed by atoms with van der Waals surface area (Å²) >= 11 is 8.86. The molecule has 1 aromatic rings. The number of benzene rings is 1. The van der Waals surface area contributed by atoms with E-state index in [4.69, 9.17) is 11.6 Å². The molecule has 1 nitrogen and oxygen atoms in total. The topological polar surface area (TPSA) is 20.2 Å². The summed E-state index contributed by atoms with van der Waals surface area (Å²) < 4.78 is 0.649. The second-order valence-corrected chi connectivity index (χ2v) is 3.44. The van der Waals surface area contributed by atoms with Gasteiger partial charge in [-0.2, -0.15) is 0 Å². The molecule has 0 bridgehead atoms. The minimum absolute atomic E-state index is 0.207. The number of allylic oxidation sites excluding steroid dienone is 1. The molecule has 0 amide bonds. The van der Waals surface area contributed by atoms with Crippen LogP contribution in [0.4, 0.5) is 0 Å². The first-order valence-corrected chi connectivity index (χ1v) is 4.71. The van der Waals surface area contributed by atoms with E-state index in [1.807, 2.05) is 6.07 Å². The van der Waals surface area contributed by atoms with Gasteiger partial charge in [0.1, 0.15) is 5.75 Å². The number of alkyl halides is 1. The zero-order chi connectivity index (χ0) is 9.14. The minimum Gasteiger partial charge on any atom is -0.507 e. The number of phenolic OH excluding ortho intramolecular Hbond substituents is 1. The van der Waals surface area contributed by atoms with Crippen LogP contribution in [0.3, 0.4) is 0 Å². The van der Waals surface area contributed by atoms with Crippen LogP contribution < -0.4 is 0 Å². The Morgan fingerprint density at radius 3 is 2.83 bits per heavy atom. The smallest absolute Gasteiger partial charge is 0.130 e. The van der Waals surface area contributed by atoms with Gasteiger partial charge in [-0.3, -0.25) is 0 Å². The number of phenols is 1. The van der Waals surface area contributed by atoms with Gasteiger partial charge in [0.15, 0.2) is 0 Å². The second-order valence-electron chi connectivity index (χ2n) is 2.38. The van der Waals surface area contributed by atoms with Crippen molar-refractivity contribution in [2.24, 2.45) is 0 Å². The van der Waals surface area contributed by atoms with Crippen LogP contribution in [0, 0.1) is 0 Å². The zero-order valence-corrected chi connectivity index (χ0v) is 8.69. The van der Waals surface area contributed by atoms with Crippen molar-refractivity contribution in [3.63, 3.8) is 0 Å². The van der Waals surface area contributed by atoms with Crippen LogP contribution in [-0.4, -0.2) is 11.0 Å². The van der Waals surface area contributed by atoms with Crippen molar-refractivity contribution in [1.29, 1.82) is 0 Å². The molecule has 0 radical (unpaired) electrons. The van der Waals surface area contributed by atoms with E-state index in [1.54, 1.807) is 12.1 Å². The third kappa shape index (κ3) is 1.82. The molecule has 0 aromatic heterocycles. The Hall–Kier alpha value is -0.470. The summed E-state index contributed by atoms with van der Waals surface area (Å²) in [6.45, 7) is 3.77. The maximum Gasteiger partial charge on any atom is 0.130 e. The van der Waals surface area contributed by atoms with E-state index in [-0.39, 0.29) is 5.75 Å². The fraction of sp³-hybridized carbons (Fsp3) is 0.111. The monoisotopic (exact) mass is 246 g/mol. The fourth-order valence-corrected chi connectivity index (χ4v) is 1.55. The Labute approximate surface area is 84.8 Å². The predicted molar refractivity (Wildman–Crippen MR) is 55.6 cm³/mol. The summed E-state index contributed by atoms with van der Waals surface area (Å²) in [6, 6.07) is 5.22. The maximum atomic E-state index is 9.31. The van der Waals surface area contributed by atoms with Crippen LogP contribution in [0.5, 0.6) is 5.75 Å². The highest BCUT2D eigenvalue weighted by molar-refractivity contribution is 9.10. The predicted octanol–water partition coefficient (Wildman–Crippen LogP) is 3.41. The number of hydrogen-bond donors (Lipinski definition) is 1. The van der Waals surface area contributed by atoms with Gasteiger partial charge in [0, 0.05) is 5.88 Å². The standard InChI is InChI=1S/C9H8BrClO/c1-6(5-11)7-3-2-4-8(12)9(7)10/h2-4,12H,1,5H2. The number of rotatable bonds is 2. The number of hydrogen-bond acceptors (Lipinski definition) is 1. The zero-order valence-electron chi connectivity index (χ0n) is 6.35. The largest absolute Gasteiger partial charge is 0.507 e. The van der Waals surface area contributed by atoms with Crippen molar-refractivity contribution in [2.75, 3.05) is 5.88 Å². The molecule has 0 heterocycles. The van der Waals surface area contributed by atoms with Gasteiger partial charge in [0.2, 0.25) is 0 Å². The summed E-state index contributed by atoms with van der Waals surface area (Å²) in [5.74, 6) is 0.570. The fourth-order valence-electron chi connectivity index (χ4n) is 0.865. The Balaban J connectivity index is 3.16. The lowest BCUT2D eigenvalue weighted by atomic mass is 10.1. The molecule has 1 aromatic carbocycles. The molecule has 3 heteroatoms. The Morgan fingerprint density at radius 1 is 1.58 bits per heavy atom. The Morgan fingerprint density at radius 2 is 2.25 bits per heavy atom. The van der Waals surface area contributed by atoms with Gasteiger partial charge >= 0.3 is 0 Å². The summed E-state index contributed by atoms with van der Waals surface area (Å²) in [7, 11) is 0. The van der Waals surface area contributed by atoms with Gasteiger partial charge in [0.05, 0.1) is 4.47 Å². The molecule has 0 atom stereocenters. The molecule has 64 valence electrons. The molecule has 0 aliphatic carbocycles. The molecule has 0 fully saturated rings. The third-order valence-corrected chi connectivity index (χ3v) is 2.68. The van der Waals surface area contributed by atoms with E-state index in [2.05, 4.69) is 22.5 Å². The molecule has 0 saturated heterocycles. The average Bonchev–Trinajstić information content (AvgIpc) is 2.08. The van der Waals surface area contributed by atoms with Crippen LogP contribution in [0.2, 0.25) is 0 Å². The lowest BCUT2D eigenvalue weighted by Crippen LogP contribution is -1.85. The summed E-state index contributed by atoms with van der Waals surface area (Å²) in [6.07, 6.45) is 0. The molecule has 0 unspecified atom stereocenters. The first-order chi connectivity index (χ1) is 5.66. The van der Waals surface area contributed by atoms with Crippen molar-refractivity contribution >= 4 is 33.1 Å². The maximum absolute atomic E-state index is 9.31. The molecular weight excluding hydrogens is 239 g/mol. The van der Waals surface area contributed by atoms with E-state index in [9.17, 15) is 5.11 Å². The van der Waals surface area contributed by atoms with Gasteiger partial charge in [-0.05, 0) is 33.1 Å². The molecule has 0 spiro atoms. The normalized spacial score (nSPS) is 9.83. The molecule has 1 N–H and O–H groups in total. The van der Waals surface area contributed by atoms with Crippen molar-refractivity contribution in [1.82, 2.24) is 0 Å². The summed E-state index contributed by atoms with van der Waals surface area (Å²) in [4.78, 5) is 0. The van der Waals surface area contributed by atoms with E-state index >= 15 is 0 Å². The van der Waals surface area contributed by atoms with Crippen LogP contribution >= 0.6 is 27.5 Å². The van der Waals surface area contributed by atoms with E-state index in [1.165, 1.54) is 0 Å². The number of aromatic hydroxyl groups is 1.